The van der Waals surface area contributed by atoms with Crippen molar-refractivity contribution in [3.05, 3.63) is 84.4 Å². The largest absolute Gasteiger partial charge is 0.458 e. The molecule has 2 heteroatoms. The molecule has 2 atom stereocenters. The van der Waals surface area contributed by atoms with Crippen molar-refractivity contribution in [3.8, 4) is 0 Å². The monoisotopic (exact) mass is 280 g/mol. The van der Waals surface area contributed by atoms with Crippen LogP contribution in [-0.2, 0) is 4.74 Å². The van der Waals surface area contributed by atoms with Gasteiger partial charge in [0.15, 0.2) is 0 Å². The minimum Gasteiger partial charge on any atom is -0.458 e. The number of rotatable bonds is 6. The third-order valence-electron chi connectivity index (χ3n) is 3.55. The molecule has 0 unspecified atom stereocenters. The summed E-state index contributed by atoms with van der Waals surface area (Å²) in [5, 5.41) is 0. The van der Waals surface area contributed by atoms with Crippen LogP contribution < -0.4 is 0 Å². The van der Waals surface area contributed by atoms with Crippen LogP contribution >= 0.6 is 0 Å². The van der Waals surface area contributed by atoms with E-state index in [1.807, 2.05) is 36.4 Å². The van der Waals surface area contributed by atoms with E-state index in [0.717, 1.165) is 5.56 Å². The highest BCUT2D eigenvalue weighted by Gasteiger charge is 2.22. The SMILES string of the molecule is C=CC[C@@H](OC(=O)c1ccccc1)[C@@H](C)c1ccccc1. The Morgan fingerprint density at radius 3 is 2.24 bits per heavy atom. The van der Waals surface area contributed by atoms with Gasteiger partial charge in [0.1, 0.15) is 6.10 Å². The van der Waals surface area contributed by atoms with Gasteiger partial charge in [0.25, 0.3) is 0 Å². The summed E-state index contributed by atoms with van der Waals surface area (Å²) in [7, 11) is 0. The number of benzene rings is 2. The molecule has 0 aliphatic carbocycles. The minimum atomic E-state index is -0.287. The molecule has 0 fully saturated rings. The molecular weight excluding hydrogens is 260 g/mol. The molecule has 0 radical (unpaired) electrons. The van der Waals surface area contributed by atoms with Gasteiger partial charge in [0.05, 0.1) is 5.56 Å². The Kier molecular flexibility index (Phi) is 5.33. The molecule has 0 aromatic heterocycles. The van der Waals surface area contributed by atoms with Crippen LogP contribution in [0.2, 0.25) is 0 Å². The molecular formula is C19H20O2. The Morgan fingerprint density at radius 1 is 1.10 bits per heavy atom. The summed E-state index contributed by atoms with van der Waals surface area (Å²) in [4.78, 5) is 12.2. The smallest absolute Gasteiger partial charge is 0.338 e. The van der Waals surface area contributed by atoms with Crippen LogP contribution in [0.3, 0.4) is 0 Å². The molecule has 2 nitrogen and oxygen atoms in total. The van der Waals surface area contributed by atoms with Crippen molar-refractivity contribution >= 4 is 5.97 Å². The Balaban J connectivity index is 2.12. The lowest BCUT2D eigenvalue weighted by atomic mass is 9.93. The van der Waals surface area contributed by atoms with Gasteiger partial charge in [-0.1, -0.05) is 61.5 Å². The first-order valence-corrected chi connectivity index (χ1v) is 7.14. The average molecular weight is 280 g/mol. The van der Waals surface area contributed by atoms with E-state index in [-0.39, 0.29) is 18.0 Å². The molecule has 21 heavy (non-hydrogen) atoms. The second-order valence-corrected chi connectivity index (χ2v) is 5.03. The Labute approximate surface area is 126 Å². The molecule has 0 N–H and O–H groups in total. The number of carbonyl (C=O) groups is 1. The topological polar surface area (TPSA) is 26.3 Å². The van der Waals surface area contributed by atoms with Crippen LogP contribution in [0, 0.1) is 0 Å². The fraction of sp³-hybridized carbons (Fsp3) is 0.211. The van der Waals surface area contributed by atoms with Gasteiger partial charge in [-0.15, -0.1) is 6.58 Å². The van der Waals surface area contributed by atoms with E-state index in [9.17, 15) is 4.79 Å². The minimum absolute atomic E-state index is 0.122. The maximum Gasteiger partial charge on any atom is 0.338 e. The number of esters is 1. The molecule has 108 valence electrons. The highest BCUT2D eigenvalue weighted by molar-refractivity contribution is 5.89. The second-order valence-electron chi connectivity index (χ2n) is 5.03. The Morgan fingerprint density at radius 2 is 1.67 bits per heavy atom. The van der Waals surface area contributed by atoms with Crippen molar-refractivity contribution in [1.29, 1.82) is 0 Å². The summed E-state index contributed by atoms with van der Waals surface area (Å²) >= 11 is 0. The lowest BCUT2D eigenvalue weighted by Crippen LogP contribution is -2.23. The molecule has 0 saturated carbocycles. The quantitative estimate of drug-likeness (QED) is 0.571. The highest BCUT2D eigenvalue weighted by Crippen LogP contribution is 2.24. The zero-order valence-corrected chi connectivity index (χ0v) is 12.2. The molecule has 0 bridgehead atoms. The van der Waals surface area contributed by atoms with Crippen LogP contribution in [0.15, 0.2) is 73.3 Å². The van der Waals surface area contributed by atoms with E-state index in [0.29, 0.717) is 12.0 Å². The van der Waals surface area contributed by atoms with Crippen LogP contribution in [0.25, 0.3) is 0 Å². The van der Waals surface area contributed by atoms with Gasteiger partial charge in [0.2, 0.25) is 0 Å². The van der Waals surface area contributed by atoms with Crippen LogP contribution in [0.5, 0.6) is 0 Å². The maximum absolute atomic E-state index is 12.2. The summed E-state index contributed by atoms with van der Waals surface area (Å²) in [5.74, 6) is -0.165. The first-order chi connectivity index (χ1) is 10.2. The maximum atomic E-state index is 12.2. The molecule has 0 heterocycles. The van der Waals surface area contributed by atoms with Crippen molar-refractivity contribution in [2.45, 2.75) is 25.4 Å². The summed E-state index contributed by atoms with van der Waals surface area (Å²) in [6, 6.07) is 19.2. The Bertz CT molecular complexity index is 575. The third kappa shape index (κ3) is 4.06. The first-order valence-electron chi connectivity index (χ1n) is 7.14. The average Bonchev–Trinajstić information content (AvgIpc) is 2.55. The van der Waals surface area contributed by atoms with Crippen molar-refractivity contribution < 1.29 is 9.53 Å². The molecule has 2 aromatic carbocycles. The van der Waals surface area contributed by atoms with Gasteiger partial charge in [-0.05, 0) is 17.7 Å². The van der Waals surface area contributed by atoms with Crippen molar-refractivity contribution in [2.75, 3.05) is 0 Å². The van der Waals surface area contributed by atoms with Gasteiger partial charge < -0.3 is 4.74 Å². The molecule has 2 rings (SSSR count). The van der Waals surface area contributed by atoms with E-state index in [2.05, 4.69) is 25.6 Å². The lowest BCUT2D eigenvalue weighted by Gasteiger charge is -2.23. The molecule has 2 aromatic rings. The van der Waals surface area contributed by atoms with Gasteiger partial charge >= 0.3 is 5.97 Å². The van der Waals surface area contributed by atoms with E-state index < -0.39 is 0 Å². The normalized spacial score (nSPS) is 13.2. The first kappa shape index (κ1) is 15.0. The highest BCUT2D eigenvalue weighted by atomic mass is 16.5. The predicted molar refractivity (Wildman–Crippen MR) is 85.3 cm³/mol. The van der Waals surface area contributed by atoms with Crippen molar-refractivity contribution in [3.63, 3.8) is 0 Å². The zero-order valence-electron chi connectivity index (χ0n) is 12.2. The summed E-state index contributed by atoms with van der Waals surface area (Å²) in [6.45, 7) is 5.84. The number of ether oxygens (including phenoxy) is 1. The van der Waals surface area contributed by atoms with E-state index in [1.54, 1.807) is 18.2 Å². The summed E-state index contributed by atoms with van der Waals surface area (Å²) < 4.78 is 5.68. The van der Waals surface area contributed by atoms with Crippen LogP contribution in [-0.4, -0.2) is 12.1 Å². The molecule has 0 amide bonds. The predicted octanol–water partition coefficient (Wildman–Crippen LogP) is 4.59. The van der Waals surface area contributed by atoms with Crippen molar-refractivity contribution in [2.24, 2.45) is 0 Å². The number of hydrogen-bond acceptors (Lipinski definition) is 2. The third-order valence-corrected chi connectivity index (χ3v) is 3.55. The second kappa shape index (κ2) is 7.44. The summed E-state index contributed by atoms with van der Waals surface area (Å²) in [5.41, 5.74) is 1.73. The lowest BCUT2D eigenvalue weighted by molar-refractivity contribution is 0.0254. The summed E-state index contributed by atoms with van der Waals surface area (Å²) in [6.07, 6.45) is 2.22. The van der Waals surface area contributed by atoms with E-state index in [1.165, 1.54) is 0 Å². The molecule has 0 aliphatic rings. The standard InChI is InChI=1S/C19H20O2/c1-3-10-18(15(2)16-11-6-4-7-12-16)21-19(20)17-13-8-5-9-14-17/h3-9,11-15,18H,1,10H2,2H3/t15-,18+/m0/s1. The fourth-order valence-corrected chi connectivity index (χ4v) is 2.27. The van der Waals surface area contributed by atoms with Gasteiger partial charge in [-0.2, -0.15) is 0 Å². The Hall–Kier alpha value is -2.35. The van der Waals surface area contributed by atoms with Gasteiger partial charge in [-0.3, -0.25) is 0 Å². The van der Waals surface area contributed by atoms with Crippen molar-refractivity contribution in [1.82, 2.24) is 0 Å². The number of hydrogen-bond donors (Lipinski definition) is 0. The molecule has 0 spiro atoms. The molecule has 0 saturated heterocycles. The number of carbonyl (C=O) groups excluding carboxylic acids is 1. The van der Waals surface area contributed by atoms with Crippen LogP contribution in [0.4, 0.5) is 0 Å². The van der Waals surface area contributed by atoms with Gasteiger partial charge in [0, 0.05) is 12.3 Å². The molecule has 0 aliphatic heterocycles. The fourth-order valence-electron chi connectivity index (χ4n) is 2.27. The van der Waals surface area contributed by atoms with Crippen LogP contribution in [0.1, 0.15) is 35.2 Å². The van der Waals surface area contributed by atoms with E-state index >= 15 is 0 Å². The van der Waals surface area contributed by atoms with Gasteiger partial charge in [-0.25, -0.2) is 4.79 Å². The van der Waals surface area contributed by atoms with E-state index in [4.69, 9.17) is 4.74 Å². The zero-order chi connectivity index (χ0) is 15.1.